The molecule has 0 radical (unpaired) electrons. The van der Waals surface area contributed by atoms with Crippen LogP contribution < -0.4 is 0 Å². The third kappa shape index (κ3) is 4.69. The number of unbranched alkanes of at least 4 members (excludes halogenated alkanes) is 3. The highest BCUT2D eigenvalue weighted by Gasteiger charge is 2.35. The van der Waals surface area contributed by atoms with Gasteiger partial charge in [0.25, 0.3) is 0 Å². The molecule has 2 atom stereocenters. The summed E-state index contributed by atoms with van der Waals surface area (Å²) >= 11 is 0. The minimum atomic E-state index is 0.922. The second-order valence-corrected chi connectivity index (χ2v) is 5.23. The third-order valence-electron chi connectivity index (χ3n) is 3.27. The van der Waals surface area contributed by atoms with Gasteiger partial charge in [-0.3, -0.25) is 0 Å². The van der Waals surface area contributed by atoms with Crippen molar-refractivity contribution in [2.24, 2.45) is 17.8 Å². The van der Waals surface area contributed by atoms with Crippen LogP contribution in [0.2, 0.25) is 0 Å². The topological polar surface area (TPSA) is 0 Å². The van der Waals surface area contributed by atoms with Gasteiger partial charge in [0, 0.05) is 0 Å². The van der Waals surface area contributed by atoms with Crippen LogP contribution >= 0.6 is 0 Å². The molecule has 1 rings (SSSR count). The molecule has 13 heavy (non-hydrogen) atoms. The fourth-order valence-corrected chi connectivity index (χ4v) is 2.39. The van der Waals surface area contributed by atoms with E-state index < -0.39 is 0 Å². The second kappa shape index (κ2) is 5.67. The van der Waals surface area contributed by atoms with Crippen molar-refractivity contribution in [1.29, 1.82) is 0 Å². The van der Waals surface area contributed by atoms with E-state index in [1.807, 2.05) is 0 Å². The largest absolute Gasteiger partial charge is 0.0654 e. The predicted molar refractivity (Wildman–Crippen MR) is 59.8 cm³/mol. The molecule has 0 aromatic heterocycles. The average molecular weight is 182 g/mol. The Morgan fingerprint density at radius 3 is 2.46 bits per heavy atom. The lowest BCUT2D eigenvalue weighted by Gasteiger charge is -2.03. The molecule has 1 aliphatic rings. The van der Waals surface area contributed by atoms with Gasteiger partial charge in [-0.15, -0.1) is 0 Å². The molecule has 0 aromatic rings. The van der Waals surface area contributed by atoms with Crippen LogP contribution in [0.3, 0.4) is 0 Å². The number of hydrogen-bond donors (Lipinski definition) is 0. The van der Waals surface area contributed by atoms with Crippen LogP contribution in [-0.2, 0) is 0 Å². The monoisotopic (exact) mass is 182 g/mol. The molecule has 0 spiro atoms. The minimum Gasteiger partial charge on any atom is -0.0654 e. The van der Waals surface area contributed by atoms with E-state index in [0.29, 0.717) is 0 Å². The van der Waals surface area contributed by atoms with E-state index in [1.54, 1.807) is 6.42 Å². The minimum absolute atomic E-state index is 0.922. The molecule has 1 aliphatic carbocycles. The molecular formula is C13H26. The molecule has 0 heteroatoms. The first-order valence-corrected chi connectivity index (χ1v) is 6.24. The van der Waals surface area contributed by atoms with Crippen molar-refractivity contribution in [3.8, 4) is 0 Å². The van der Waals surface area contributed by atoms with Gasteiger partial charge in [-0.05, 0) is 30.6 Å². The zero-order chi connectivity index (χ0) is 9.68. The van der Waals surface area contributed by atoms with Gasteiger partial charge in [-0.25, -0.2) is 0 Å². The Hall–Kier alpha value is 0. The lowest BCUT2D eigenvalue weighted by molar-refractivity contribution is 0.489. The van der Waals surface area contributed by atoms with Crippen molar-refractivity contribution in [2.45, 2.75) is 65.7 Å². The highest BCUT2D eigenvalue weighted by atomic mass is 14.4. The van der Waals surface area contributed by atoms with Crippen molar-refractivity contribution >= 4 is 0 Å². The predicted octanol–water partition coefficient (Wildman–Crippen LogP) is 4.64. The first kappa shape index (κ1) is 11.1. The zero-order valence-electron chi connectivity index (χ0n) is 9.68. The van der Waals surface area contributed by atoms with E-state index in [0.717, 1.165) is 17.8 Å². The molecule has 0 aromatic carbocycles. The Morgan fingerprint density at radius 2 is 1.85 bits per heavy atom. The van der Waals surface area contributed by atoms with E-state index in [-0.39, 0.29) is 0 Å². The zero-order valence-corrected chi connectivity index (χ0v) is 9.68. The van der Waals surface area contributed by atoms with Gasteiger partial charge in [0.15, 0.2) is 0 Å². The van der Waals surface area contributed by atoms with E-state index in [4.69, 9.17) is 0 Å². The molecule has 0 saturated heterocycles. The van der Waals surface area contributed by atoms with E-state index in [1.165, 1.54) is 38.5 Å². The van der Waals surface area contributed by atoms with Crippen LogP contribution in [-0.4, -0.2) is 0 Å². The third-order valence-corrected chi connectivity index (χ3v) is 3.27. The van der Waals surface area contributed by atoms with Gasteiger partial charge in [0.2, 0.25) is 0 Å². The Morgan fingerprint density at radius 1 is 1.08 bits per heavy atom. The molecule has 0 aliphatic heterocycles. The second-order valence-electron chi connectivity index (χ2n) is 5.23. The maximum atomic E-state index is 2.35. The van der Waals surface area contributed by atoms with Crippen molar-refractivity contribution < 1.29 is 0 Å². The van der Waals surface area contributed by atoms with Crippen LogP contribution in [0.15, 0.2) is 0 Å². The summed E-state index contributed by atoms with van der Waals surface area (Å²) in [5.74, 6) is 3.16. The lowest BCUT2D eigenvalue weighted by Crippen LogP contribution is -1.91. The van der Waals surface area contributed by atoms with Crippen LogP contribution in [0, 0.1) is 17.8 Å². The van der Waals surface area contributed by atoms with Gasteiger partial charge in [-0.1, -0.05) is 52.9 Å². The maximum Gasteiger partial charge on any atom is -0.0381 e. The first-order chi connectivity index (χ1) is 6.24. The van der Waals surface area contributed by atoms with Crippen LogP contribution in [0.4, 0.5) is 0 Å². The molecule has 0 amide bonds. The average Bonchev–Trinajstić information content (AvgIpc) is 2.76. The molecule has 0 nitrogen and oxygen atoms in total. The maximum absolute atomic E-state index is 2.35. The quantitative estimate of drug-likeness (QED) is 0.503. The summed E-state index contributed by atoms with van der Waals surface area (Å²) in [5.41, 5.74) is 0. The summed E-state index contributed by atoms with van der Waals surface area (Å²) in [7, 11) is 0. The van der Waals surface area contributed by atoms with E-state index in [9.17, 15) is 0 Å². The number of hydrogen-bond acceptors (Lipinski definition) is 0. The molecule has 0 heterocycles. The molecule has 2 unspecified atom stereocenters. The summed E-state index contributed by atoms with van der Waals surface area (Å²) < 4.78 is 0. The highest BCUT2D eigenvalue weighted by molar-refractivity contribution is 4.86. The fraction of sp³-hybridized carbons (Fsp3) is 1.00. The summed E-state index contributed by atoms with van der Waals surface area (Å²) in [6.45, 7) is 7.00. The van der Waals surface area contributed by atoms with Crippen LogP contribution in [0.1, 0.15) is 65.7 Å². The van der Waals surface area contributed by atoms with Gasteiger partial charge >= 0.3 is 0 Å². The van der Waals surface area contributed by atoms with Crippen molar-refractivity contribution in [2.75, 3.05) is 0 Å². The molecule has 1 fully saturated rings. The summed E-state index contributed by atoms with van der Waals surface area (Å²) in [6.07, 6.45) is 10.3. The highest BCUT2D eigenvalue weighted by Crippen LogP contribution is 2.46. The van der Waals surface area contributed by atoms with Crippen molar-refractivity contribution in [3.63, 3.8) is 0 Å². The van der Waals surface area contributed by atoms with Crippen molar-refractivity contribution in [3.05, 3.63) is 0 Å². The molecule has 0 bridgehead atoms. The normalized spacial score (nSPS) is 26.8. The Kier molecular flexibility index (Phi) is 4.83. The standard InChI is InChI=1S/C13H26/c1-4-5-6-7-8-12-10-13(12)9-11(2)3/h11-13H,4-10H2,1-3H3. The molecular weight excluding hydrogens is 156 g/mol. The molecule has 1 saturated carbocycles. The summed E-state index contributed by atoms with van der Waals surface area (Å²) in [5, 5.41) is 0. The van der Waals surface area contributed by atoms with Crippen LogP contribution in [0.25, 0.3) is 0 Å². The summed E-state index contributed by atoms with van der Waals surface area (Å²) in [4.78, 5) is 0. The number of rotatable bonds is 7. The lowest BCUT2D eigenvalue weighted by atomic mass is 10.0. The van der Waals surface area contributed by atoms with E-state index in [2.05, 4.69) is 20.8 Å². The smallest absolute Gasteiger partial charge is 0.0381 e. The van der Waals surface area contributed by atoms with Gasteiger partial charge in [0.05, 0.1) is 0 Å². The molecule has 0 N–H and O–H groups in total. The Labute approximate surface area is 84.1 Å². The van der Waals surface area contributed by atoms with Crippen molar-refractivity contribution in [1.82, 2.24) is 0 Å². The molecule has 78 valence electrons. The van der Waals surface area contributed by atoms with Gasteiger partial charge < -0.3 is 0 Å². The van der Waals surface area contributed by atoms with Gasteiger partial charge in [0.1, 0.15) is 0 Å². The van der Waals surface area contributed by atoms with Crippen LogP contribution in [0.5, 0.6) is 0 Å². The summed E-state index contributed by atoms with van der Waals surface area (Å²) in [6, 6.07) is 0. The Balaban J connectivity index is 1.89. The van der Waals surface area contributed by atoms with E-state index >= 15 is 0 Å². The SMILES string of the molecule is CCCCCCC1CC1CC(C)C. The van der Waals surface area contributed by atoms with Gasteiger partial charge in [-0.2, -0.15) is 0 Å². The first-order valence-electron chi connectivity index (χ1n) is 6.24. The Bertz CT molecular complexity index is 126. The fourth-order valence-electron chi connectivity index (χ4n) is 2.39.